The standard InChI is InChI=1S/C29H29ClN4O3S/c1-36-24-12-8-21(9-13-24)28-32-27(37-33-28)18-34-16-14-22(15-17-34)29(35)31-25-4-2-3-5-26(25)38-19-20-6-10-23(30)11-7-20/h2-13,22H,14-19H2,1H3,(H,31,35). The summed E-state index contributed by atoms with van der Waals surface area (Å²) < 4.78 is 10.7. The number of amides is 1. The minimum Gasteiger partial charge on any atom is -0.497 e. The first-order valence-electron chi connectivity index (χ1n) is 12.5. The molecule has 1 aliphatic rings. The van der Waals surface area contributed by atoms with E-state index in [9.17, 15) is 4.79 Å². The molecule has 38 heavy (non-hydrogen) atoms. The lowest BCUT2D eigenvalue weighted by atomic mass is 9.96. The lowest BCUT2D eigenvalue weighted by molar-refractivity contribution is -0.121. The van der Waals surface area contributed by atoms with Gasteiger partial charge in [-0.15, -0.1) is 11.8 Å². The topological polar surface area (TPSA) is 80.5 Å². The zero-order valence-corrected chi connectivity index (χ0v) is 22.7. The maximum Gasteiger partial charge on any atom is 0.241 e. The molecule has 0 radical (unpaired) electrons. The number of para-hydroxylation sites is 1. The lowest BCUT2D eigenvalue weighted by Gasteiger charge is -2.30. The van der Waals surface area contributed by atoms with Gasteiger partial charge >= 0.3 is 0 Å². The normalized spacial score (nSPS) is 14.4. The van der Waals surface area contributed by atoms with Crippen LogP contribution in [0.1, 0.15) is 24.3 Å². The maximum atomic E-state index is 13.1. The largest absolute Gasteiger partial charge is 0.497 e. The molecule has 1 aliphatic heterocycles. The van der Waals surface area contributed by atoms with Crippen LogP contribution < -0.4 is 10.1 Å². The Balaban J connectivity index is 1.11. The zero-order valence-electron chi connectivity index (χ0n) is 21.1. The van der Waals surface area contributed by atoms with Crippen LogP contribution in [0.25, 0.3) is 11.4 Å². The quantitative estimate of drug-likeness (QED) is 0.238. The number of halogens is 1. The van der Waals surface area contributed by atoms with Gasteiger partial charge in [-0.1, -0.05) is 41.0 Å². The van der Waals surface area contributed by atoms with E-state index in [1.54, 1.807) is 18.9 Å². The van der Waals surface area contributed by atoms with E-state index in [-0.39, 0.29) is 11.8 Å². The number of rotatable bonds is 9. The Morgan fingerprint density at radius 3 is 2.55 bits per heavy atom. The van der Waals surface area contributed by atoms with E-state index < -0.39 is 0 Å². The van der Waals surface area contributed by atoms with Crippen molar-refractivity contribution < 1.29 is 14.1 Å². The van der Waals surface area contributed by atoms with Crippen molar-refractivity contribution in [3.05, 3.63) is 89.3 Å². The fraction of sp³-hybridized carbons (Fsp3) is 0.276. The van der Waals surface area contributed by atoms with Crippen molar-refractivity contribution in [3.8, 4) is 17.1 Å². The third-order valence-electron chi connectivity index (χ3n) is 6.59. The van der Waals surface area contributed by atoms with Gasteiger partial charge in [-0.05, 0) is 80.0 Å². The van der Waals surface area contributed by atoms with Crippen molar-refractivity contribution in [2.24, 2.45) is 5.92 Å². The second-order valence-corrected chi connectivity index (χ2v) is 10.6. The Morgan fingerprint density at radius 1 is 1.08 bits per heavy atom. The van der Waals surface area contributed by atoms with Crippen molar-refractivity contribution in [1.82, 2.24) is 15.0 Å². The van der Waals surface area contributed by atoms with Crippen molar-refractivity contribution in [2.75, 3.05) is 25.5 Å². The highest BCUT2D eigenvalue weighted by molar-refractivity contribution is 7.98. The zero-order chi connectivity index (χ0) is 26.3. The predicted molar refractivity (Wildman–Crippen MR) is 150 cm³/mol. The smallest absolute Gasteiger partial charge is 0.241 e. The molecule has 2 heterocycles. The molecule has 1 aromatic heterocycles. The van der Waals surface area contributed by atoms with Crippen molar-refractivity contribution >= 4 is 35.0 Å². The van der Waals surface area contributed by atoms with Crippen LogP contribution in [-0.4, -0.2) is 41.1 Å². The summed E-state index contributed by atoms with van der Waals surface area (Å²) in [5, 5.41) is 8.02. The van der Waals surface area contributed by atoms with Crippen LogP contribution in [0, 0.1) is 5.92 Å². The van der Waals surface area contributed by atoms with Crippen molar-refractivity contribution in [3.63, 3.8) is 0 Å². The average Bonchev–Trinajstić information content (AvgIpc) is 3.42. The van der Waals surface area contributed by atoms with Crippen LogP contribution in [0.15, 0.2) is 82.2 Å². The van der Waals surface area contributed by atoms with Gasteiger partial charge in [0, 0.05) is 27.2 Å². The molecule has 7 nitrogen and oxygen atoms in total. The summed E-state index contributed by atoms with van der Waals surface area (Å²) in [6.07, 6.45) is 1.57. The molecule has 4 aromatic rings. The van der Waals surface area contributed by atoms with Crippen molar-refractivity contribution in [2.45, 2.75) is 30.0 Å². The third-order valence-corrected chi connectivity index (χ3v) is 7.98. The number of aromatic nitrogens is 2. The molecule has 196 valence electrons. The molecule has 9 heteroatoms. The molecule has 1 amide bonds. The number of benzene rings is 3. The van der Waals surface area contributed by atoms with Gasteiger partial charge in [-0.25, -0.2) is 0 Å². The molecule has 1 saturated heterocycles. The van der Waals surface area contributed by atoms with Crippen LogP contribution >= 0.6 is 23.4 Å². The molecule has 5 rings (SSSR count). The monoisotopic (exact) mass is 548 g/mol. The molecule has 3 aromatic carbocycles. The fourth-order valence-corrected chi connectivity index (χ4v) is 5.48. The van der Waals surface area contributed by atoms with E-state index in [1.807, 2.05) is 72.8 Å². The first-order chi connectivity index (χ1) is 18.6. The summed E-state index contributed by atoms with van der Waals surface area (Å²) in [5.41, 5.74) is 2.92. The van der Waals surface area contributed by atoms with Crippen LogP contribution in [0.4, 0.5) is 5.69 Å². The van der Waals surface area contributed by atoms with Gasteiger partial charge in [-0.2, -0.15) is 4.98 Å². The van der Waals surface area contributed by atoms with Gasteiger partial charge in [0.15, 0.2) is 0 Å². The lowest BCUT2D eigenvalue weighted by Crippen LogP contribution is -2.37. The Morgan fingerprint density at radius 2 is 1.82 bits per heavy atom. The minimum atomic E-state index is -0.0295. The molecule has 1 fully saturated rings. The second-order valence-electron chi connectivity index (χ2n) is 9.19. The molecule has 0 unspecified atom stereocenters. The molecular formula is C29H29ClN4O3S. The SMILES string of the molecule is COc1ccc(-c2noc(CN3CCC(C(=O)Nc4ccccc4SCc4ccc(Cl)cc4)CC3)n2)cc1. The van der Waals surface area contributed by atoms with Gasteiger partial charge in [0.25, 0.3) is 0 Å². The van der Waals surface area contributed by atoms with Gasteiger partial charge in [0.1, 0.15) is 5.75 Å². The number of nitrogens with zero attached hydrogens (tertiary/aromatic N) is 3. The number of ether oxygens (including phenoxy) is 1. The molecule has 0 saturated carbocycles. The number of thioether (sulfide) groups is 1. The van der Waals surface area contributed by atoms with Crippen LogP contribution in [0.3, 0.4) is 0 Å². The van der Waals surface area contributed by atoms with E-state index in [0.717, 1.165) is 58.6 Å². The Kier molecular flexibility index (Phi) is 8.63. The molecule has 0 bridgehead atoms. The number of piperidine rings is 1. The van der Waals surface area contributed by atoms with E-state index in [2.05, 4.69) is 20.4 Å². The summed E-state index contributed by atoms with van der Waals surface area (Å²) in [5.74, 6) is 2.76. The van der Waals surface area contributed by atoms with Crippen LogP contribution in [0.2, 0.25) is 5.02 Å². The Bertz CT molecular complexity index is 1350. The molecule has 1 N–H and O–H groups in total. The van der Waals surface area contributed by atoms with E-state index >= 15 is 0 Å². The van der Waals surface area contributed by atoms with Crippen LogP contribution in [-0.2, 0) is 17.1 Å². The highest BCUT2D eigenvalue weighted by Crippen LogP contribution is 2.31. The molecule has 0 aliphatic carbocycles. The first-order valence-corrected chi connectivity index (χ1v) is 13.9. The average molecular weight is 549 g/mol. The molecule has 0 spiro atoms. The number of carbonyl (C=O) groups is 1. The van der Waals surface area contributed by atoms with Crippen LogP contribution in [0.5, 0.6) is 5.75 Å². The Labute approximate surface area is 231 Å². The second kappa shape index (κ2) is 12.5. The number of methoxy groups -OCH3 is 1. The summed E-state index contributed by atoms with van der Waals surface area (Å²) >= 11 is 7.70. The minimum absolute atomic E-state index is 0.0295. The summed E-state index contributed by atoms with van der Waals surface area (Å²) in [7, 11) is 1.64. The number of hydrogen-bond acceptors (Lipinski definition) is 7. The highest BCUT2D eigenvalue weighted by atomic mass is 35.5. The third kappa shape index (κ3) is 6.75. The predicted octanol–water partition coefficient (Wildman–Crippen LogP) is 6.54. The van der Waals surface area contributed by atoms with Gasteiger partial charge in [0.2, 0.25) is 17.6 Å². The maximum absolute atomic E-state index is 13.1. The Hall–Kier alpha value is -3.33. The van der Waals surface area contributed by atoms with Gasteiger partial charge < -0.3 is 14.6 Å². The molecular weight excluding hydrogens is 520 g/mol. The number of anilines is 1. The van der Waals surface area contributed by atoms with E-state index in [4.69, 9.17) is 20.9 Å². The van der Waals surface area contributed by atoms with Gasteiger partial charge in [-0.3, -0.25) is 9.69 Å². The van der Waals surface area contributed by atoms with E-state index in [0.29, 0.717) is 18.3 Å². The first kappa shape index (κ1) is 26.3. The van der Waals surface area contributed by atoms with Crippen molar-refractivity contribution in [1.29, 1.82) is 0 Å². The van der Waals surface area contributed by atoms with Gasteiger partial charge in [0.05, 0.1) is 19.3 Å². The summed E-state index contributed by atoms with van der Waals surface area (Å²) in [6.45, 7) is 2.16. The number of hydrogen-bond donors (Lipinski definition) is 1. The summed E-state index contributed by atoms with van der Waals surface area (Å²) in [6, 6.07) is 23.4. The number of likely N-dealkylation sites (tertiary alicyclic amines) is 1. The number of nitrogens with one attached hydrogen (secondary N) is 1. The number of carbonyl (C=O) groups excluding carboxylic acids is 1. The van der Waals surface area contributed by atoms with E-state index in [1.165, 1.54) is 5.56 Å². The highest BCUT2D eigenvalue weighted by Gasteiger charge is 2.26. The summed E-state index contributed by atoms with van der Waals surface area (Å²) in [4.78, 5) is 21.0. The fourth-order valence-electron chi connectivity index (χ4n) is 4.39. The molecule has 0 atom stereocenters.